The number of benzene rings is 1. The first kappa shape index (κ1) is 13.5. The Morgan fingerprint density at radius 2 is 1.85 bits per heavy atom. The van der Waals surface area contributed by atoms with Gasteiger partial charge >= 0.3 is 0 Å². The Balaban J connectivity index is 1.69. The lowest BCUT2D eigenvalue weighted by Crippen LogP contribution is -2.54. The van der Waals surface area contributed by atoms with Gasteiger partial charge < -0.3 is 4.90 Å². The molecule has 1 aromatic carbocycles. The lowest BCUT2D eigenvalue weighted by atomic mass is 9.94. The first-order chi connectivity index (χ1) is 9.62. The molecule has 1 saturated heterocycles. The summed E-state index contributed by atoms with van der Waals surface area (Å²) >= 11 is 0. The van der Waals surface area contributed by atoms with E-state index in [-0.39, 0.29) is 11.7 Å². The van der Waals surface area contributed by atoms with E-state index >= 15 is 0 Å². The quantitative estimate of drug-likeness (QED) is 0.900. The summed E-state index contributed by atoms with van der Waals surface area (Å²) < 4.78 is 13.9. The van der Waals surface area contributed by atoms with Gasteiger partial charge in [0, 0.05) is 31.7 Å². The van der Waals surface area contributed by atoms with Crippen molar-refractivity contribution in [2.75, 3.05) is 33.2 Å². The number of halogens is 1. The summed E-state index contributed by atoms with van der Waals surface area (Å²) in [6, 6.07) is 6.61. The minimum atomic E-state index is -0.644. The molecular weight excluding hydrogens is 257 g/mol. The van der Waals surface area contributed by atoms with Crippen LogP contribution in [0.1, 0.15) is 18.4 Å². The monoisotopic (exact) mass is 277 g/mol. The minimum Gasteiger partial charge on any atom is -0.304 e. The van der Waals surface area contributed by atoms with Crippen LogP contribution in [0.5, 0.6) is 0 Å². The van der Waals surface area contributed by atoms with Gasteiger partial charge in [-0.2, -0.15) is 0 Å². The summed E-state index contributed by atoms with van der Waals surface area (Å²) in [5.74, 6) is -0.342. The highest BCUT2D eigenvalue weighted by molar-refractivity contribution is 5.91. The third kappa shape index (κ3) is 2.43. The molecule has 0 bridgehead atoms. The zero-order valence-electron chi connectivity index (χ0n) is 11.7. The Kier molecular flexibility index (Phi) is 3.48. The van der Waals surface area contributed by atoms with Crippen molar-refractivity contribution in [1.82, 2.24) is 15.3 Å². The van der Waals surface area contributed by atoms with Crippen molar-refractivity contribution in [2.24, 2.45) is 0 Å². The summed E-state index contributed by atoms with van der Waals surface area (Å²) in [6.07, 6.45) is 1.46. The fourth-order valence-corrected chi connectivity index (χ4v) is 2.76. The van der Waals surface area contributed by atoms with E-state index in [2.05, 4.69) is 17.4 Å². The van der Waals surface area contributed by atoms with Crippen LogP contribution in [0.15, 0.2) is 24.3 Å². The van der Waals surface area contributed by atoms with Gasteiger partial charge in [-0.05, 0) is 26.0 Å². The van der Waals surface area contributed by atoms with Crippen LogP contribution in [-0.2, 0) is 10.2 Å². The maximum absolute atomic E-state index is 13.9. The van der Waals surface area contributed by atoms with Crippen molar-refractivity contribution in [1.29, 1.82) is 0 Å². The molecule has 2 aliphatic rings. The van der Waals surface area contributed by atoms with Gasteiger partial charge in [0.2, 0.25) is 5.91 Å². The molecule has 1 heterocycles. The highest BCUT2D eigenvalue weighted by Gasteiger charge is 2.53. The lowest BCUT2D eigenvalue weighted by Gasteiger charge is -2.33. The number of amides is 1. The predicted molar refractivity (Wildman–Crippen MR) is 74.5 cm³/mol. The van der Waals surface area contributed by atoms with Gasteiger partial charge in [0.15, 0.2) is 0 Å². The first-order valence-electron chi connectivity index (χ1n) is 7.11. The maximum atomic E-state index is 13.9. The Bertz CT molecular complexity index is 508. The van der Waals surface area contributed by atoms with Crippen molar-refractivity contribution >= 4 is 5.91 Å². The van der Waals surface area contributed by atoms with Gasteiger partial charge in [-0.15, -0.1) is 0 Å². The third-order valence-electron chi connectivity index (χ3n) is 4.34. The summed E-state index contributed by atoms with van der Waals surface area (Å²) in [7, 11) is 2.07. The van der Waals surface area contributed by atoms with Crippen molar-refractivity contribution in [3.63, 3.8) is 0 Å². The lowest BCUT2D eigenvalue weighted by molar-refractivity contribution is -0.129. The van der Waals surface area contributed by atoms with Crippen molar-refractivity contribution in [3.8, 4) is 0 Å². The molecule has 1 aliphatic heterocycles. The van der Waals surface area contributed by atoms with E-state index in [0.29, 0.717) is 5.56 Å². The van der Waals surface area contributed by atoms with E-state index in [1.54, 1.807) is 18.2 Å². The molecule has 0 atom stereocenters. The second-order valence-corrected chi connectivity index (χ2v) is 5.79. The Morgan fingerprint density at radius 1 is 1.20 bits per heavy atom. The van der Waals surface area contributed by atoms with Crippen LogP contribution in [0.4, 0.5) is 4.39 Å². The van der Waals surface area contributed by atoms with Crippen LogP contribution in [0, 0.1) is 5.82 Å². The third-order valence-corrected chi connectivity index (χ3v) is 4.34. The molecule has 108 valence electrons. The molecule has 3 rings (SSSR count). The number of carbonyl (C=O) groups is 1. The molecule has 1 aromatic rings. The van der Waals surface area contributed by atoms with Gasteiger partial charge in [-0.1, -0.05) is 18.2 Å². The largest absolute Gasteiger partial charge is 0.304 e. The highest BCUT2D eigenvalue weighted by Crippen LogP contribution is 2.49. The fraction of sp³-hybridized carbons (Fsp3) is 0.533. The number of hydrogen-bond acceptors (Lipinski definition) is 3. The molecular formula is C15H20FN3O. The molecule has 1 saturated carbocycles. The fourth-order valence-electron chi connectivity index (χ4n) is 2.76. The first-order valence-corrected chi connectivity index (χ1v) is 7.11. The second kappa shape index (κ2) is 5.14. The van der Waals surface area contributed by atoms with Crippen LogP contribution in [0.25, 0.3) is 0 Å². The van der Waals surface area contributed by atoms with Gasteiger partial charge in [0.05, 0.1) is 5.41 Å². The van der Waals surface area contributed by atoms with Crippen LogP contribution < -0.4 is 5.43 Å². The van der Waals surface area contributed by atoms with Crippen LogP contribution in [0.2, 0.25) is 0 Å². The zero-order valence-corrected chi connectivity index (χ0v) is 11.7. The SMILES string of the molecule is CN1CCN(NC(=O)C2(c3ccccc3F)CC2)CC1. The van der Waals surface area contributed by atoms with Crippen LogP contribution in [0.3, 0.4) is 0 Å². The van der Waals surface area contributed by atoms with E-state index in [9.17, 15) is 9.18 Å². The molecule has 0 spiro atoms. The van der Waals surface area contributed by atoms with Crippen molar-refractivity contribution < 1.29 is 9.18 Å². The zero-order chi connectivity index (χ0) is 14.2. The topological polar surface area (TPSA) is 35.6 Å². The summed E-state index contributed by atoms with van der Waals surface area (Å²) in [5, 5.41) is 1.95. The number of rotatable bonds is 3. The van der Waals surface area contributed by atoms with Gasteiger partial charge in [0.1, 0.15) is 5.82 Å². The number of nitrogens with zero attached hydrogens (tertiary/aromatic N) is 2. The Morgan fingerprint density at radius 3 is 2.45 bits per heavy atom. The molecule has 1 aliphatic carbocycles. The number of carbonyl (C=O) groups excluding carboxylic acids is 1. The molecule has 0 unspecified atom stereocenters. The van der Waals surface area contributed by atoms with Gasteiger partial charge in [0.25, 0.3) is 0 Å². The van der Waals surface area contributed by atoms with Crippen molar-refractivity contribution in [3.05, 3.63) is 35.6 Å². The maximum Gasteiger partial charge on any atom is 0.245 e. The molecule has 1 amide bonds. The smallest absolute Gasteiger partial charge is 0.245 e. The molecule has 0 aromatic heterocycles. The average molecular weight is 277 g/mol. The van der Waals surface area contributed by atoms with E-state index in [1.807, 2.05) is 5.01 Å². The molecule has 2 fully saturated rings. The van der Waals surface area contributed by atoms with Crippen molar-refractivity contribution in [2.45, 2.75) is 18.3 Å². The molecule has 0 radical (unpaired) electrons. The normalized spacial score (nSPS) is 22.5. The van der Waals surface area contributed by atoms with E-state index < -0.39 is 5.41 Å². The van der Waals surface area contributed by atoms with Crippen LogP contribution >= 0.6 is 0 Å². The van der Waals surface area contributed by atoms with E-state index in [1.165, 1.54) is 6.07 Å². The van der Waals surface area contributed by atoms with Crippen LogP contribution in [-0.4, -0.2) is 49.0 Å². The number of hydrogen-bond donors (Lipinski definition) is 1. The van der Waals surface area contributed by atoms with E-state index in [0.717, 1.165) is 39.0 Å². The van der Waals surface area contributed by atoms with Gasteiger partial charge in [-0.25, -0.2) is 9.40 Å². The molecule has 5 heteroatoms. The van der Waals surface area contributed by atoms with Gasteiger partial charge in [-0.3, -0.25) is 10.2 Å². The molecule has 20 heavy (non-hydrogen) atoms. The minimum absolute atomic E-state index is 0.0628. The standard InChI is InChI=1S/C15H20FN3O/c1-18-8-10-19(11-9-18)17-14(20)15(6-7-15)12-4-2-3-5-13(12)16/h2-5H,6-11H2,1H3,(H,17,20). The number of hydrazine groups is 1. The Hall–Kier alpha value is -1.46. The second-order valence-electron chi connectivity index (χ2n) is 5.79. The number of piperazine rings is 1. The molecule has 4 nitrogen and oxygen atoms in total. The van der Waals surface area contributed by atoms with E-state index in [4.69, 9.17) is 0 Å². The summed E-state index contributed by atoms with van der Waals surface area (Å²) in [6.45, 7) is 3.51. The number of likely N-dealkylation sites (N-methyl/N-ethyl adjacent to an activating group) is 1. The highest BCUT2D eigenvalue weighted by atomic mass is 19.1. The Labute approximate surface area is 118 Å². The molecule has 1 N–H and O–H groups in total. The summed E-state index contributed by atoms with van der Waals surface area (Å²) in [4.78, 5) is 14.7. The predicted octanol–water partition coefficient (Wildman–Crippen LogP) is 1.14. The average Bonchev–Trinajstić information content (AvgIpc) is 3.23. The summed E-state index contributed by atoms with van der Waals surface area (Å²) in [5.41, 5.74) is 2.86. The number of nitrogens with one attached hydrogen (secondary N) is 1.